The first-order valence-corrected chi connectivity index (χ1v) is 10.7. The molecule has 29 heavy (non-hydrogen) atoms. The van der Waals surface area contributed by atoms with Crippen molar-refractivity contribution < 1.29 is 13.9 Å². The minimum atomic E-state index is -0.251. The zero-order chi connectivity index (χ0) is 20.8. The fourth-order valence-corrected chi connectivity index (χ4v) is 3.81. The molecule has 0 aliphatic rings. The lowest BCUT2D eigenvalue weighted by Crippen LogP contribution is -2.05. The van der Waals surface area contributed by atoms with Gasteiger partial charge in [-0.05, 0) is 95.9 Å². The van der Waals surface area contributed by atoms with Crippen LogP contribution in [0.4, 0.5) is 10.1 Å². The Labute approximate surface area is 185 Å². The topological polar surface area (TPSA) is 30.5 Å². The molecule has 0 aliphatic heterocycles. The first kappa shape index (κ1) is 21.4. The van der Waals surface area contributed by atoms with Crippen LogP contribution in [-0.4, -0.2) is 6.61 Å². The Morgan fingerprint density at radius 2 is 1.69 bits per heavy atom. The molecule has 0 heterocycles. The van der Waals surface area contributed by atoms with Gasteiger partial charge in [-0.1, -0.05) is 24.3 Å². The summed E-state index contributed by atoms with van der Waals surface area (Å²) in [5, 5.41) is 3.51. The first-order valence-electron chi connectivity index (χ1n) is 9.60. The van der Waals surface area contributed by atoms with Gasteiger partial charge in [0, 0.05) is 12.2 Å². The van der Waals surface area contributed by atoms with Gasteiger partial charge in [-0.25, -0.2) is 4.39 Å². The van der Waals surface area contributed by atoms with Crippen LogP contribution in [0.1, 0.15) is 29.2 Å². The lowest BCUT2D eigenvalue weighted by molar-refractivity contribution is 0.267. The zero-order valence-electron chi connectivity index (χ0n) is 16.9. The van der Waals surface area contributed by atoms with Gasteiger partial charge in [0.1, 0.15) is 12.4 Å². The Kier molecular flexibility index (Phi) is 7.36. The van der Waals surface area contributed by atoms with E-state index in [0.29, 0.717) is 25.5 Å². The number of anilines is 1. The average molecular weight is 505 g/mol. The molecule has 3 aromatic rings. The first-order chi connectivity index (χ1) is 14.0. The highest BCUT2D eigenvalue weighted by Gasteiger charge is 2.13. The van der Waals surface area contributed by atoms with E-state index < -0.39 is 0 Å². The number of hydrogen-bond acceptors (Lipinski definition) is 3. The number of aryl methyl sites for hydroxylation is 2. The molecule has 152 valence electrons. The third-order valence-corrected chi connectivity index (χ3v) is 5.34. The van der Waals surface area contributed by atoms with E-state index in [0.717, 1.165) is 26.1 Å². The van der Waals surface area contributed by atoms with Gasteiger partial charge in [-0.2, -0.15) is 0 Å². The Morgan fingerprint density at radius 1 is 0.931 bits per heavy atom. The predicted molar refractivity (Wildman–Crippen MR) is 124 cm³/mol. The minimum absolute atomic E-state index is 0.251. The molecule has 0 unspecified atom stereocenters. The summed E-state index contributed by atoms with van der Waals surface area (Å²) in [6.07, 6.45) is 0. The van der Waals surface area contributed by atoms with Crippen molar-refractivity contribution in [3.63, 3.8) is 0 Å². The summed E-state index contributed by atoms with van der Waals surface area (Å²) in [6, 6.07) is 16.8. The third kappa shape index (κ3) is 5.85. The molecule has 1 N–H and O–H groups in total. The standard InChI is InChI=1S/C24H25FINO2/c1-4-28-23-13-19(14-27-22-11-16(2)5-6-17(22)3)12-21(26)24(23)29-15-18-7-9-20(25)10-8-18/h5-13,27H,4,14-15H2,1-3H3. The number of hydrogen-bond donors (Lipinski definition) is 1. The van der Waals surface area contributed by atoms with E-state index in [4.69, 9.17) is 9.47 Å². The summed E-state index contributed by atoms with van der Waals surface area (Å²) in [7, 11) is 0. The van der Waals surface area contributed by atoms with E-state index in [-0.39, 0.29) is 5.82 Å². The second-order valence-corrected chi connectivity index (χ2v) is 8.09. The summed E-state index contributed by atoms with van der Waals surface area (Å²) in [5.74, 6) is 1.19. The van der Waals surface area contributed by atoms with Crippen LogP contribution in [0.15, 0.2) is 54.6 Å². The van der Waals surface area contributed by atoms with Gasteiger partial charge in [0.15, 0.2) is 11.5 Å². The second kappa shape index (κ2) is 9.96. The number of rotatable bonds is 8. The number of halogens is 2. The fraction of sp³-hybridized carbons (Fsp3) is 0.250. The Hall–Kier alpha value is -2.28. The van der Waals surface area contributed by atoms with Gasteiger partial charge in [0.2, 0.25) is 0 Å². The van der Waals surface area contributed by atoms with Crippen molar-refractivity contribution in [1.82, 2.24) is 0 Å². The maximum atomic E-state index is 13.1. The smallest absolute Gasteiger partial charge is 0.174 e. The van der Waals surface area contributed by atoms with Crippen LogP contribution in [0.25, 0.3) is 0 Å². The summed E-state index contributed by atoms with van der Waals surface area (Å²) in [6.45, 7) is 7.75. The van der Waals surface area contributed by atoms with E-state index in [1.807, 2.05) is 13.0 Å². The monoisotopic (exact) mass is 505 g/mol. The summed E-state index contributed by atoms with van der Waals surface area (Å²) < 4.78 is 25.9. The molecule has 0 saturated heterocycles. The lowest BCUT2D eigenvalue weighted by Gasteiger charge is -2.17. The maximum Gasteiger partial charge on any atom is 0.174 e. The Balaban J connectivity index is 1.76. The van der Waals surface area contributed by atoms with Crippen LogP contribution >= 0.6 is 22.6 Å². The highest BCUT2D eigenvalue weighted by atomic mass is 127. The van der Waals surface area contributed by atoms with Crippen LogP contribution in [-0.2, 0) is 13.2 Å². The molecule has 0 fully saturated rings. The molecule has 0 amide bonds. The van der Waals surface area contributed by atoms with Crippen LogP contribution in [0.5, 0.6) is 11.5 Å². The van der Waals surface area contributed by atoms with Gasteiger partial charge in [0.05, 0.1) is 10.2 Å². The van der Waals surface area contributed by atoms with Gasteiger partial charge in [-0.3, -0.25) is 0 Å². The normalized spacial score (nSPS) is 10.7. The van der Waals surface area contributed by atoms with Crippen molar-refractivity contribution in [3.05, 3.63) is 86.2 Å². The van der Waals surface area contributed by atoms with Crippen molar-refractivity contribution in [1.29, 1.82) is 0 Å². The molecule has 0 bridgehead atoms. The van der Waals surface area contributed by atoms with E-state index >= 15 is 0 Å². The van der Waals surface area contributed by atoms with Crippen molar-refractivity contribution in [2.45, 2.75) is 33.9 Å². The van der Waals surface area contributed by atoms with Crippen LogP contribution in [0, 0.1) is 23.2 Å². The Bertz CT molecular complexity index is 973. The van der Waals surface area contributed by atoms with E-state index in [1.165, 1.54) is 23.3 Å². The van der Waals surface area contributed by atoms with Crippen molar-refractivity contribution in [2.24, 2.45) is 0 Å². The zero-order valence-corrected chi connectivity index (χ0v) is 19.0. The van der Waals surface area contributed by atoms with Crippen molar-refractivity contribution >= 4 is 28.3 Å². The van der Waals surface area contributed by atoms with Gasteiger partial charge < -0.3 is 14.8 Å². The molecule has 0 radical (unpaired) electrons. The van der Waals surface area contributed by atoms with Gasteiger partial charge in [-0.15, -0.1) is 0 Å². The number of benzene rings is 3. The van der Waals surface area contributed by atoms with Crippen LogP contribution in [0.3, 0.4) is 0 Å². The summed E-state index contributed by atoms with van der Waals surface area (Å²) in [5.41, 5.74) is 5.61. The molecule has 0 spiro atoms. The third-order valence-electron chi connectivity index (χ3n) is 4.54. The molecule has 0 atom stereocenters. The highest BCUT2D eigenvalue weighted by molar-refractivity contribution is 14.1. The molecule has 5 heteroatoms. The van der Waals surface area contributed by atoms with E-state index in [1.54, 1.807) is 12.1 Å². The molecule has 0 saturated carbocycles. The van der Waals surface area contributed by atoms with E-state index in [9.17, 15) is 4.39 Å². The number of ether oxygens (including phenoxy) is 2. The molecule has 3 aromatic carbocycles. The molecule has 0 aromatic heterocycles. The van der Waals surface area contributed by atoms with Gasteiger partial charge in [0.25, 0.3) is 0 Å². The molecule has 3 rings (SSSR count). The van der Waals surface area contributed by atoms with Gasteiger partial charge >= 0.3 is 0 Å². The SMILES string of the molecule is CCOc1cc(CNc2cc(C)ccc2C)cc(I)c1OCc1ccc(F)cc1. The second-order valence-electron chi connectivity index (χ2n) is 6.92. The van der Waals surface area contributed by atoms with Crippen LogP contribution in [0.2, 0.25) is 0 Å². The molecular formula is C24H25FINO2. The van der Waals surface area contributed by atoms with Crippen molar-refractivity contribution in [2.75, 3.05) is 11.9 Å². The predicted octanol–water partition coefficient (Wildman–Crippen LogP) is 6.64. The van der Waals surface area contributed by atoms with E-state index in [2.05, 4.69) is 66.0 Å². The molecule has 3 nitrogen and oxygen atoms in total. The summed E-state index contributed by atoms with van der Waals surface area (Å²) in [4.78, 5) is 0. The maximum absolute atomic E-state index is 13.1. The quantitative estimate of drug-likeness (QED) is 0.349. The van der Waals surface area contributed by atoms with Crippen molar-refractivity contribution in [3.8, 4) is 11.5 Å². The van der Waals surface area contributed by atoms with Crippen LogP contribution < -0.4 is 14.8 Å². The average Bonchev–Trinajstić information content (AvgIpc) is 2.69. The largest absolute Gasteiger partial charge is 0.490 e. The fourth-order valence-electron chi connectivity index (χ4n) is 2.99. The lowest BCUT2D eigenvalue weighted by atomic mass is 10.1. The molecule has 0 aliphatic carbocycles. The highest BCUT2D eigenvalue weighted by Crippen LogP contribution is 2.35. The number of nitrogens with one attached hydrogen (secondary N) is 1. The minimum Gasteiger partial charge on any atom is -0.490 e. The Morgan fingerprint density at radius 3 is 2.41 bits per heavy atom. The summed E-state index contributed by atoms with van der Waals surface area (Å²) >= 11 is 2.27. The molecular weight excluding hydrogens is 480 g/mol.